The molecule has 160 valence electrons. The van der Waals surface area contributed by atoms with Gasteiger partial charge in [-0.05, 0) is 50.8 Å². The van der Waals surface area contributed by atoms with Crippen LogP contribution in [0.5, 0.6) is 5.75 Å². The predicted octanol–water partition coefficient (Wildman–Crippen LogP) is 1.83. The van der Waals surface area contributed by atoms with Crippen LogP contribution in [0, 0.1) is 6.92 Å². The van der Waals surface area contributed by atoms with Gasteiger partial charge in [0.05, 0.1) is 5.25 Å². The first-order valence-corrected chi connectivity index (χ1v) is 12.3. The van der Waals surface area contributed by atoms with Crippen LogP contribution < -0.4 is 14.2 Å². The third-order valence-electron chi connectivity index (χ3n) is 4.87. The molecule has 1 saturated carbocycles. The molecule has 1 unspecified atom stereocenters. The second-order valence-electron chi connectivity index (χ2n) is 7.43. The fourth-order valence-corrected chi connectivity index (χ4v) is 5.29. The smallest absolute Gasteiger partial charge is 0.335 e. The number of sulfonamides is 1. The fraction of sp³-hybridized carbons (Fsp3) is 0.389. The largest absolute Gasteiger partial charge is 0.380 e. The number of fused-ring (bicyclic) bond motifs is 1. The Kier molecular flexibility index (Phi) is 4.93. The number of carbonyl (C=O) groups excluding carboxylic acids is 1. The summed E-state index contributed by atoms with van der Waals surface area (Å²) in [5.74, 6) is 0.0300. The monoisotopic (exact) mass is 452 g/mol. The Hall–Kier alpha value is -2.73. The van der Waals surface area contributed by atoms with Crippen molar-refractivity contribution in [3.05, 3.63) is 41.2 Å². The topological polar surface area (TPSA) is 144 Å². The van der Waals surface area contributed by atoms with E-state index in [2.05, 4.69) is 15.3 Å². The van der Waals surface area contributed by atoms with Gasteiger partial charge in [-0.1, -0.05) is 12.1 Å². The van der Waals surface area contributed by atoms with Gasteiger partial charge in [0, 0.05) is 17.3 Å². The zero-order chi connectivity index (χ0) is 21.7. The van der Waals surface area contributed by atoms with Crippen LogP contribution in [0.3, 0.4) is 0 Å². The van der Waals surface area contributed by atoms with E-state index >= 15 is 0 Å². The van der Waals surface area contributed by atoms with E-state index in [4.69, 9.17) is 4.18 Å². The number of nitrogens with one attached hydrogen (secondary N) is 2. The quantitative estimate of drug-likeness (QED) is 0.669. The highest BCUT2D eigenvalue weighted by Crippen LogP contribution is 2.39. The molecule has 12 heteroatoms. The number of urea groups is 1. The summed E-state index contributed by atoms with van der Waals surface area (Å²) in [5, 5.41) is 1.52. The molecule has 0 radical (unpaired) electrons. The van der Waals surface area contributed by atoms with Crippen LogP contribution in [-0.2, 0) is 26.6 Å². The minimum absolute atomic E-state index is 0.00709. The Balaban J connectivity index is 1.57. The lowest BCUT2D eigenvalue weighted by Gasteiger charge is -2.24. The number of amides is 2. The van der Waals surface area contributed by atoms with Gasteiger partial charge in [-0.2, -0.15) is 8.42 Å². The molecule has 1 aromatic heterocycles. The molecule has 2 N–H and O–H groups in total. The van der Waals surface area contributed by atoms with Crippen molar-refractivity contribution in [3.8, 4) is 5.75 Å². The Bertz CT molecular complexity index is 1240. The molecule has 1 aliphatic heterocycles. The highest BCUT2D eigenvalue weighted by molar-refractivity contribution is 7.90. The third-order valence-corrected chi connectivity index (χ3v) is 7.78. The van der Waals surface area contributed by atoms with Crippen LogP contribution in [0.2, 0.25) is 0 Å². The van der Waals surface area contributed by atoms with E-state index in [9.17, 15) is 21.6 Å². The van der Waals surface area contributed by atoms with Crippen LogP contribution in [0.25, 0.3) is 0 Å². The third kappa shape index (κ3) is 4.10. The minimum atomic E-state index is -4.42. The number of benzene rings is 1. The summed E-state index contributed by atoms with van der Waals surface area (Å²) in [7, 11) is -8.38. The molecular formula is C18H20N4O6S2. The van der Waals surface area contributed by atoms with Crippen molar-refractivity contribution in [3.63, 3.8) is 0 Å². The normalized spacial score (nSPS) is 20.0. The van der Waals surface area contributed by atoms with E-state index in [0.29, 0.717) is 17.2 Å². The van der Waals surface area contributed by atoms with E-state index < -0.39 is 36.3 Å². The van der Waals surface area contributed by atoms with Crippen LogP contribution in [0.1, 0.15) is 42.6 Å². The molecule has 1 atom stereocenters. The maximum Gasteiger partial charge on any atom is 0.335 e. The van der Waals surface area contributed by atoms with E-state index in [1.54, 1.807) is 13.0 Å². The summed E-state index contributed by atoms with van der Waals surface area (Å²) in [5.41, 5.74) is 1.87. The van der Waals surface area contributed by atoms with Gasteiger partial charge in [0.15, 0.2) is 5.75 Å². The summed E-state index contributed by atoms with van der Waals surface area (Å²) < 4.78 is 56.5. The predicted molar refractivity (Wildman–Crippen MR) is 107 cm³/mol. The number of hydrogen-bond acceptors (Lipinski definition) is 8. The highest BCUT2D eigenvalue weighted by Gasteiger charge is 2.35. The zero-order valence-electron chi connectivity index (χ0n) is 16.2. The van der Waals surface area contributed by atoms with Gasteiger partial charge in [0.1, 0.15) is 4.90 Å². The van der Waals surface area contributed by atoms with Gasteiger partial charge in [0.25, 0.3) is 10.0 Å². The SMILES string of the molecule is Cc1cc(C2CC2)nc(NC(=O)NS(=O)(=O)c2cccc3c2OS(=O)(=O)C(C)C3)n1. The number of hydrogen-bond donors (Lipinski definition) is 2. The fourth-order valence-electron chi connectivity index (χ4n) is 3.18. The average molecular weight is 453 g/mol. The number of aryl methyl sites for hydroxylation is 1. The first kappa shape index (κ1) is 20.5. The molecule has 1 aliphatic carbocycles. The van der Waals surface area contributed by atoms with Crippen LogP contribution in [0.4, 0.5) is 10.7 Å². The number of rotatable bonds is 4. The van der Waals surface area contributed by atoms with E-state index in [0.717, 1.165) is 18.5 Å². The second kappa shape index (κ2) is 7.20. The van der Waals surface area contributed by atoms with Crippen molar-refractivity contribution in [2.45, 2.75) is 49.2 Å². The van der Waals surface area contributed by atoms with E-state index in [1.807, 2.05) is 10.8 Å². The number of anilines is 1. The molecule has 4 rings (SSSR count). The van der Waals surface area contributed by atoms with Crippen molar-refractivity contribution in [2.75, 3.05) is 5.32 Å². The van der Waals surface area contributed by atoms with Gasteiger partial charge in [-0.25, -0.2) is 27.9 Å². The van der Waals surface area contributed by atoms with Crippen LogP contribution >= 0.6 is 0 Å². The molecule has 0 bridgehead atoms. The molecular weight excluding hydrogens is 432 g/mol. The lowest BCUT2D eigenvalue weighted by atomic mass is 10.1. The number of para-hydroxylation sites is 1. The van der Waals surface area contributed by atoms with Gasteiger partial charge < -0.3 is 4.18 Å². The van der Waals surface area contributed by atoms with Crippen molar-refractivity contribution >= 4 is 32.1 Å². The maximum atomic E-state index is 12.8. The van der Waals surface area contributed by atoms with Crippen molar-refractivity contribution in [2.24, 2.45) is 0 Å². The highest BCUT2D eigenvalue weighted by atomic mass is 32.2. The van der Waals surface area contributed by atoms with Gasteiger partial charge in [-0.3, -0.25) is 5.32 Å². The summed E-state index contributed by atoms with van der Waals surface area (Å²) in [6, 6.07) is 4.98. The molecule has 2 amide bonds. The minimum Gasteiger partial charge on any atom is -0.380 e. The molecule has 1 fully saturated rings. The first-order chi connectivity index (χ1) is 14.0. The summed E-state index contributed by atoms with van der Waals surface area (Å²) in [4.78, 5) is 20.2. The Morgan fingerprint density at radius 3 is 2.67 bits per heavy atom. The molecule has 2 heterocycles. The standard InChI is InChI=1S/C18H20N4O6S2/c1-10-8-14(12-6-7-12)20-17(19-10)21-18(23)22-29(24,25)15-5-3-4-13-9-11(2)30(26,27)28-16(13)15/h3-5,8,11-12H,6-7,9H2,1-2H3,(H2,19,20,21,22,23). The summed E-state index contributed by atoms with van der Waals surface area (Å²) in [6.45, 7) is 3.23. The van der Waals surface area contributed by atoms with Crippen LogP contribution in [-0.4, -0.2) is 38.1 Å². The molecule has 0 spiro atoms. The average Bonchev–Trinajstić information content (AvgIpc) is 3.46. The molecule has 2 aromatic rings. The number of aromatic nitrogens is 2. The Morgan fingerprint density at radius 1 is 1.23 bits per heavy atom. The number of nitrogens with zero attached hydrogens (tertiary/aromatic N) is 2. The van der Waals surface area contributed by atoms with Crippen molar-refractivity contribution in [1.82, 2.24) is 14.7 Å². The van der Waals surface area contributed by atoms with Crippen molar-refractivity contribution < 1.29 is 25.8 Å². The van der Waals surface area contributed by atoms with E-state index in [1.165, 1.54) is 19.1 Å². The molecule has 0 saturated heterocycles. The van der Waals surface area contributed by atoms with Crippen molar-refractivity contribution in [1.29, 1.82) is 0 Å². The van der Waals surface area contributed by atoms with Gasteiger partial charge in [-0.15, -0.1) is 0 Å². The lowest BCUT2D eigenvalue weighted by Crippen LogP contribution is -2.36. The Labute approximate surface area is 174 Å². The zero-order valence-corrected chi connectivity index (χ0v) is 17.9. The van der Waals surface area contributed by atoms with Crippen LogP contribution in [0.15, 0.2) is 29.2 Å². The lowest BCUT2D eigenvalue weighted by molar-refractivity contribution is 0.256. The first-order valence-electron chi connectivity index (χ1n) is 9.30. The second-order valence-corrected chi connectivity index (χ2v) is 11.0. The summed E-state index contributed by atoms with van der Waals surface area (Å²) in [6.07, 6.45) is 2.13. The molecule has 30 heavy (non-hydrogen) atoms. The summed E-state index contributed by atoms with van der Waals surface area (Å²) >= 11 is 0. The molecule has 1 aromatic carbocycles. The molecule has 2 aliphatic rings. The Morgan fingerprint density at radius 2 is 1.97 bits per heavy atom. The van der Waals surface area contributed by atoms with E-state index in [-0.39, 0.29) is 18.1 Å². The maximum absolute atomic E-state index is 12.8. The molecule has 10 nitrogen and oxygen atoms in total. The number of carbonyl (C=O) groups is 1. The van der Waals surface area contributed by atoms with Gasteiger partial charge in [0.2, 0.25) is 5.95 Å². The van der Waals surface area contributed by atoms with Gasteiger partial charge >= 0.3 is 16.1 Å².